The van der Waals surface area contributed by atoms with E-state index in [1.807, 2.05) is 19.9 Å². The number of carbonyl (C=O) groups is 1. The Morgan fingerprint density at radius 1 is 1.08 bits per heavy atom. The van der Waals surface area contributed by atoms with Gasteiger partial charge in [-0.3, -0.25) is 4.79 Å². The molecule has 0 spiro atoms. The number of hydrogen-bond donors (Lipinski definition) is 0. The minimum absolute atomic E-state index is 0.0576. The molecular weight excluding hydrogens is 318 g/mol. The van der Waals surface area contributed by atoms with Gasteiger partial charge < -0.3 is 18.8 Å². The largest absolute Gasteiger partial charge is 0.493 e. The van der Waals surface area contributed by atoms with Crippen LogP contribution in [-0.2, 0) is 5.54 Å². The van der Waals surface area contributed by atoms with Crippen LogP contribution < -0.4 is 14.2 Å². The Labute approximate surface area is 149 Å². The second-order valence-electron chi connectivity index (χ2n) is 6.99. The Balaban J connectivity index is 2.23. The molecule has 0 aliphatic rings. The van der Waals surface area contributed by atoms with Crippen molar-refractivity contribution in [1.29, 1.82) is 0 Å². The maximum absolute atomic E-state index is 12.7. The van der Waals surface area contributed by atoms with E-state index in [4.69, 9.17) is 14.2 Å². The zero-order chi connectivity index (χ0) is 18.8. The third-order valence-corrected chi connectivity index (χ3v) is 4.13. The number of aryl methyl sites for hydroxylation is 1. The summed E-state index contributed by atoms with van der Waals surface area (Å²) in [4.78, 5) is 12.7. The monoisotopic (exact) mass is 345 g/mol. The van der Waals surface area contributed by atoms with Gasteiger partial charge in [-0.05, 0) is 52.8 Å². The van der Waals surface area contributed by atoms with E-state index in [1.54, 1.807) is 32.4 Å². The van der Waals surface area contributed by atoms with Crippen LogP contribution >= 0.6 is 0 Å². The fourth-order valence-electron chi connectivity index (χ4n) is 3.27. The van der Waals surface area contributed by atoms with Gasteiger partial charge in [-0.2, -0.15) is 0 Å². The molecule has 5 nitrogen and oxygen atoms in total. The van der Waals surface area contributed by atoms with E-state index in [0.717, 1.165) is 11.4 Å². The van der Waals surface area contributed by atoms with Crippen LogP contribution in [0.2, 0.25) is 0 Å². The normalized spacial score (nSPS) is 11.3. The molecule has 1 aromatic carbocycles. The first-order chi connectivity index (χ1) is 11.7. The van der Waals surface area contributed by atoms with E-state index in [1.165, 1.54) is 0 Å². The summed E-state index contributed by atoms with van der Waals surface area (Å²) in [6.45, 7) is 10.3. The molecule has 5 heteroatoms. The molecule has 0 aliphatic carbocycles. The third-order valence-electron chi connectivity index (χ3n) is 4.13. The Bertz CT molecular complexity index is 769. The number of rotatable bonds is 6. The molecule has 0 atom stereocenters. The van der Waals surface area contributed by atoms with E-state index in [0.29, 0.717) is 22.8 Å². The highest BCUT2D eigenvalue weighted by Crippen LogP contribution is 2.36. The van der Waals surface area contributed by atoms with E-state index >= 15 is 0 Å². The quantitative estimate of drug-likeness (QED) is 0.738. The van der Waals surface area contributed by atoms with Crippen molar-refractivity contribution in [3.8, 4) is 17.2 Å². The summed E-state index contributed by atoms with van der Waals surface area (Å²) in [6, 6.07) is 7.26. The van der Waals surface area contributed by atoms with Crippen molar-refractivity contribution in [2.75, 3.05) is 20.8 Å². The van der Waals surface area contributed by atoms with Gasteiger partial charge in [0, 0.05) is 22.5 Å². The van der Waals surface area contributed by atoms with Gasteiger partial charge in [-0.25, -0.2) is 0 Å². The number of ketones is 1. The number of nitrogens with zero attached hydrogens (tertiary/aromatic N) is 1. The van der Waals surface area contributed by atoms with Crippen LogP contribution in [-0.4, -0.2) is 31.2 Å². The number of methoxy groups -OCH3 is 2. The molecule has 0 saturated heterocycles. The van der Waals surface area contributed by atoms with Crippen LogP contribution in [0, 0.1) is 13.8 Å². The molecule has 2 rings (SSSR count). The maximum Gasteiger partial charge on any atom is 0.203 e. The van der Waals surface area contributed by atoms with Gasteiger partial charge in [-0.1, -0.05) is 6.07 Å². The SMILES string of the molecule is COc1cccc(OCC(=O)c2cc(C)n(C(C)(C)C)c2C)c1OC. The molecule has 0 bridgehead atoms. The Morgan fingerprint density at radius 3 is 2.24 bits per heavy atom. The lowest BCUT2D eigenvalue weighted by Crippen LogP contribution is -2.24. The minimum atomic E-state index is -0.0798. The smallest absolute Gasteiger partial charge is 0.203 e. The number of ether oxygens (including phenoxy) is 3. The van der Waals surface area contributed by atoms with Gasteiger partial charge >= 0.3 is 0 Å². The van der Waals surface area contributed by atoms with E-state index in [9.17, 15) is 4.79 Å². The molecule has 1 heterocycles. The summed E-state index contributed by atoms with van der Waals surface area (Å²) in [6.07, 6.45) is 0. The fraction of sp³-hybridized carbons (Fsp3) is 0.450. The maximum atomic E-state index is 12.7. The van der Waals surface area contributed by atoms with Crippen molar-refractivity contribution < 1.29 is 19.0 Å². The second kappa shape index (κ2) is 7.21. The fourth-order valence-corrected chi connectivity index (χ4v) is 3.27. The van der Waals surface area contributed by atoms with Gasteiger partial charge in [0.05, 0.1) is 14.2 Å². The number of benzene rings is 1. The Morgan fingerprint density at radius 2 is 1.72 bits per heavy atom. The van der Waals surface area contributed by atoms with Crippen molar-refractivity contribution >= 4 is 5.78 Å². The number of para-hydroxylation sites is 1. The Kier molecular flexibility index (Phi) is 5.45. The summed E-state index contributed by atoms with van der Waals surface area (Å²) >= 11 is 0. The molecule has 0 saturated carbocycles. The van der Waals surface area contributed by atoms with Gasteiger partial charge in [0.15, 0.2) is 18.1 Å². The highest BCUT2D eigenvalue weighted by Gasteiger charge is 2.23. The van der Waals surface area contributed by atoms with Crippen molar-refractivity contribution in [3.05, 3.63) is 41.2 Å². The van der Waals surface area contributed by atoms with Crippen molar-refractivity contribution in [2.24, 2.45) is 0 Å². The molecule has 2 aromatic rings. The molecule has 0 amide bonds. The van der Waals surface area contributed by atoms with E-state index in [2.05, 4.69) is 25.3 Å². The summed E-state index contributed by atoms with van der Waals surface area (Å²) in [5.41, 5.74) is 2.63. The average Bonchev–Trinajstić information content (AvgIpc) is 2.86. The van der Waals surface area contributed by atoms with Gasteiger partial charge in [0.2, 0.25) is 11.5 Å². The molecule has 0 fully saturated rings. The summed E-state index contributed by atoms with van der Waals surface area (Å²) in [5.74, 6) is 1.48. The summed E-state index contributed by atoms with van der Waals surface area (Å²) in [5, 5.41) is 0. The first-order valence-corrected chi connectivity index (χ1v) is 8.27. The van der Waals surface area contributed by atoms with Crippen molar-refractivity contribution in [1.82, 2.24) is 4.57 Å². The van der Waals surface area contributed by atoms with Crippen molar-refractivity contribution in [3.63, 3.8) is 0 Å². The van der Waals surface area contributed by atoms with Crippen LogP contribution in [0.5, 0.6) is 17.2 Å². The second-order valence-corrected chi connectivity index (χ2v) is 6.99. The molecule has 136 valence electrons. The van der Waals surface area contributed by atoms with Gasteiger partial charge in [0.1, 0.15) is 0 Å². The average molecular weight is 345 g/mol. The standard InChI is InChI=1S/C20H27NO4/c1-13-11-15(14(2)21(13)20(3,4)5)16(22)12-25-18-10-8-9-17(23-6)19(18)24-7/h8-11H,12H2,1-7H3. The lowest BCUT2D eigenvalue weighted by molar-refractivity contribution is 0.0918. The predicted molar refractivity (Wildman–Crippen MR) is 98.3 cm³/mol. The predicted octanol–water partition coefficient (Wildman–Crippen LogP) is 4.14. The van der Waals surface area contributed by atoms with Gasteiger partial charge in [0.25, 0.3) is 0 Å². The number of Topliss-reactive ketones (excluding diaryl/α,β-unsaturated/α-hetero) is 1. The highest BCUT2D eigenvalue weighted by atomic mass is 16.5. The minimum Gasteiger partial charge on any atom is -0.493 e. The molecule has 0 radical (unpaired) electrons. The summed E-state index contributed by atoms with van der Waals surface area (Å²) < 4.78 is 18.5. The zero-order valence-corrected chi connectivity index (χ0v) is 16.1. The van der Waals surface area contributed by atoms with Crippen LogP contribution in [0.25, 0.3) is 0 Å². The molecule has 0 aliphatic heterocycles. The van der Waals surface area contributed by atoms with Crippen LogP contribution in [0.15, 0.2) is 24.3 Å². The topological polar surface area (TPSA) is 49.7 Å². The van der Waals surface area contributed by atoms with Gasteiger partial charge in [-0.15, -0.1) is 0 Å². The highest BCUT2D eigenvalue weighted by molar-refractivity contribution is 5.98. The summed E-state index contributed by atoms with van der Waals surface area (Å²) in [7, 11) is 3.11. The first-order valence-electron chi connectivity index (χ1n) is 8.27. The first kappa shape index (κ1) is 18.9. The zero-order valence-electron chi connectivity index (χ0n) is 16.1. The van der Waals surface area contributed by atoms with Crippen LogP contribution in [0.3, 0.4) is 0 Å². The molecule has 1 aromatic heterocycles. The molecular formula is C20H27NO4. The van der Waals surface area contributed by atoms with Crippen LogP contribution in [0.1, 0.15) is 42.5 Å². The molecule has 25 heavy (non-hydrogen) atoms. The molecule has 0 N–H and O–H groups in total. The number of aromatic nitrogens is 1. The lowest BCUT2D eigenvalue weighted by Gasteiger charge is -2.25. The lowest BCUT2D eigenvalue weighted by atomic mass is 10.1. The number of carbonyl (C=O) groups excluding carboxylic acids is 1. The van der Waals surface area contributed by atoms with Crippen molar-refractivity contribution in [2.45, 2.75) is 40.2 Å². The Hall–Kier alpha value is -2.43. The molecule has 0 unspecified atom stereocenters. The number of hydrogen-bond acceptors (Lipinski definition) is 4. The van der Waals surface area contributed by atoms with E-state index in [-0.39, 0.29) is 17.9 Å². The van der Waals surface area contributed by atoms with Crippen LogP contribution in [0.4, 0.5) is 0 Å². The third kappa shape index (κ3) is 3.81. The van der Waals surface area contributed by atoms with E-state index < -0.39 is 0 Å².